The van der Waals surface area contributed by atoms with Gasteiger partial charge in [-0.15, -0.1) is 24.0 Å². The number of carbonyl (C=O) groups excluding carboxylic acids is 1. The number of carbonyl (C=O) groups is 1. The number of rotatable bonds is 8. The highest BCUT2D eigenvalue weighted by molar-refractivity contribution is 14.0. The van der Waals surface area contributed by atoms with Crippen molar-refractivity contribution in [3.05, 3.63) is 52.5 Å². The van der Waals surface area contributed by atoms with Gasteiger partial charge < -0.3 is 25.4 Å². The molecule has 0 fully saturated rings. The summed E-state index contributed by atoms with van der Waals surface area (Å²) >= 11 is 3.37. The highest BCUT2D eigenvalue weighted by atomic mass is 127. The van der Waals surface area contributed by atoms with Crippen molar-refractivity contribution >= 4 is 57.5 Å². The second kappa shape index (κ2) is 13.3. The summed E-state index contributed by atoms with van der Waals surface area (Å²) in [5.74, 6) is 1.91. The zero-order valence-corrected chi connectivity index (χ0v) is 20.5. The number of aliphatic imine (C=N–C) groups is 1. The van der Waals surface area contributed by atoms with Crippen LogP contribution >= 0.6 is 39.9 Å². The molecule has 0 unspecified atom stereocenters. The van der Waals surface area contributed by atoms with E-state index in [0.717, 1.165) is 15.7 Å². The molecule has 0 radical (unpaired) electrons. The lowest BCUT2D eigenvalue weighted by Gasteiger charge is -2.13. The SMILES string of the molecule is CN=C(NCCC(=O)Nc1ccc(Br)cc1)NCc1ccc(OC)c(OC)c1.I. The summed E-state index contributed by atoms with van der Waals surface area (Å²) in [6.07, 6.45) is 0.327. The fourth-order valence-electron chi connectivity index (χ4n) is 2.45. The number of guanidine groups is 1. The summed E-state index contributed by atoms with van der Waals surface area (Å²) < 4.78 is 11.5. The summed E-state index contributed by atoms with van der Waals surface area (Å²) in [6.45, 7) is 1.03. The van der Waals surface area contributed by atoms with Gasteiger partial charge in [0.2, 0.25) is 5.91 Å². The summed E-state index contributed by atoms with van der Waals surface area (Å²) in [4.78, 5) is 16.2. The molecule has 0 saturated heterocycles. The smallest absolute Gasteiger partial charge is 0.226 e. The number of hydrogen-bond donors (Lipinski definition) is 3. The van der Waals surface area contributed by atoms with E-state index in [1.54, 1.807) is 21.3 Å². The maximum atomic E-state index is 12.0. The number of nitrogens with zero attached hydrogens (tertiary/aromatic N) is 1. The number of anilines is 1. The summed E-state index contributed by atoms with van der Waals surface area (Å²) in [7, 11) is 4.90. The van der Waals surface area contributed by atoms with Crippen LogP contribution in [0.25, 0.3) is 0 Å². The molecule has 0 spiro atoms. The van der Waals surface area contributed by atoms with Crippen LogP contribution in [0.3, 0.4) is 0 Å². The first-order valence-corrected chi connectivity index (χ1v) is 9.56. The molecule has 0 heterocycles. The monoisotopic (exact) mass is 576 g/mol. The molecular formula is C20H26BrIN4O3. The van der Waals surface area contributed by atoms with E-state index >= 15 is 0 Å². The Morgan fingerprint density at radius 1 is 1.03 bits per heavy atom. The maximum Gasteiger partial charge on any atom is 0.226 e. The number of hydrogen-bond acceptors (Lipinski definition) is 4. The van der Waals surface area contributed by atoms with Crippen molar-refractivity contribution < 1.29 is 14.3 Å². The Labute approximate surface area is 196 Å². The van der Waals surface area contributed by atoms with Gasteiger partial charge in [-0.05, 0) is 42.0 Å². The number of nitrogens with one attached hydrogen (secondary N) is 3. The zero-order chi connectivity index (χ0) is 20.4. The standard InChI is InChI=1S/C20H25BrN4O3.HI/c1-22-20(24-13-14-4-9-17(27-2)18(12-14)28-3)23-11-10-19(26)25-16-7-5-15(21)6-8-16;/h4-9,12H,10-11,13H2,1-3H3,(H,25,26)(H2,22,23,24);1H. The van der Waals surface area contributed by atoms with Crippen LogP contribution in [0.15, 0.2) is 51.9 Å². The van der Waals surface area contributed by atoms with E-state index in [1.807, 2.05) is 42.5 Å². The number of methoxy groups -OCH3 is 2. The number of benzene rings is 2. The van der Waals surface area contributed by atoms with E-state index in [2.05, 4.69) is 36.9 Å². The highest BCUT2D eigenvalue weighted by Gasteiger charge is 2.06. The molecule has 158 valence electrons. The number of ether oxygens (including phenoxy) is 2. The Kier molecular flexibility index (Phi) is 11.4. The number of halogens is 2. The second-order valence-electron chi connectivity index (χ2n) is 5.85. The lowest BCUT2D eigenvalue weighted by molar-refractivity contribution is -0.116. The van der Waals surface area contributed by atoms with Crippen LogP contribution < -0.4 is 25.4 Å². The largest absolute Gasteiger partial charge is 0.493 e. The van der Waals surface area contributed by atoms with Gasteiger partial charge in [-0.3, -0.25) is 9.79 Å². The van der Waals surface area contributed by atoms with Gasteiger partial charge in [0.25, 0.3) is 0 Å². The quantitative estimate of drug-likeness (QED) is 0.253. The van der Waals surface area contributed by atoms with Crippen LogP contribution in [0.1, 0.15) is 12.0 Å². The van der Waals surface area contributed by atoms with E-state index < -0.39 is 0 Å². The van der Waals surface area contributed by atoms with E-state index in [4.69, 9.17) is 9.47 Å². The molecule has 0 bridgehead atoms. The molecule has 0 aliphatic carbocycles. The molecule has 9 heteroatoms. The molecule has 0 aliphatic heterocycles. The first kappa shape index (κ1) is 25.0. The lowest BCUT2D eigenvalue weighted by Crippen LogP contribution is -2.38. The predicted molar refractivity (Wildman–Crippen MR) is 131 cm³/mol. The Morgan fingerprint density at radius 3 is 2.34 bits per heavy atom. The molecule has 0 saturated carbocycles. The van der Waals surface area contributed by atoms with Crippen molar-refractivity contribution in [2.75, 3.05) is 33.1 Å². The third-order valence-electron chi connectivity index (χ3n) is 3.90. The third kappa shape index (κ3) is 8.48. The van der Waals surface area contributed by atoms with Crippen molar-refractivity contribution in [2.45, 2.75) is 13.0 Å². The highest BCUT2D eigenvalue weighted by Crippen LogP contribution is 2.27. The minimum absolute atomic E-state index is 0. The average Bonchev–Trinajstić information content (AvgIpc) is 2.71. The van der Waals surface area contributed by atoms with E-state index in [9.17, 15) is 4.79 Å². The molecule has 7 nitrogen and oxygen atoms in total. The van der Waals surface area contributed by atoms with Crippen LogP contribution in [0.5, 0.6) is 11.5 Å². The van der Waals surface area contributed by atoms with Crippen molar-refractivity contribution in [1.82, 2.24) is 10.6 Å². The van der Waals surface area contributed by atoms with E-state index in [1.165, 1.54) is 0 Å². The van der Waals surface area contributed by atoms with Crippen LogP contribution in [0.4, 0.5) is 5.69 Å². The molecule has 0 atom stereocenters. The van der Waals surface area contributed by atoms with E-state index in [0.29, 0.717) is 37.0 Å². The molecule has 2 aromatic carbocycles. The predicted octanol–water partition coefficient (Wildman–Crippen LogP) is 3.78. The van der Waals surface area contributed by atoms with Gasteiger partial charge in [0, 0.05) is 36.7 Å². The Morgan fingerprint density at radius 2 is 1.72 bits per heavy atom. The van der Waals surface area contributed by atoms with Crippen LogP contribution in [-0.4, -0.2) is 39.7 Å². The Bertz CT molecular complexity index is 816. The van der Waals surface area contributed by atoms with Crippen LogP contribution in [-0.2, 0) is 11.3 Å². The first-order chi connectivity index (χ1) is 13.5. The topological polar surface area (TPSA) is 84.0 Å². The van der Waals surface area contributed by atoms with Gasteiger partial charge >= 0.3 is 0 Å². The van der Waals surface area contributed by atoms with Crippen LogP contribution in [0.2, 0.25) is 0 Å². The van der Waals surface area contributed by atoms with Crippen molar-refractivity contribution in [3.63, 3.8) is 0 Å². The third-order valence-corrected chi connectivity index (χ3v) is 4.43. The number of amides is 1. The fraction of sp³-hybridized carbons (Fsp3) is 0.300. The first-order valence-electron chi connectivity index (χ1n) is 8.76. The summed E-state index contributed by atoms with van der Waals surface area (Å²) in [6, 6.07) is 13.2. The van der Waals surface area contributed by atoms with Crippen LogP contribution in [0, 0.1) is 0 Å². The second-order valence-corrected chi connectivity index (χ2v) is 6.76. The Balaban J connectivity index is 0.00000420. The lowest BCUT2D eigenvalue weighted by atomic mass is 10.2. The fourth-order valence-corrected chi connectivity index (χ4v) is 2.71. The molecule has 3 N–H and O–H groups in total. The molecule has 1 amide bonds. The minimum Gasteiger partial charge on any atom is -0.493 e. The molecule has 29 heavy (non-hydrogen) atoms. The molecule has 0 aromatic heterocycles. The van der Waals surface area contributed by atoms with Gasteiger partial charge in [0.1, 0.15) is 0 Å². The minimum atomic E-state index is -0.0647. The molecule has 0 aliphatic rings. The average molecular weight is 577 g/mol. The summed E-state index contributed by atoms with van der Waals surface area (Å²) in [5.41, 5.74) is 1.79. The summed E-state index contributed by atoms with van der Waals surface area (Å²) in [5, 5.41) is 9.20. The Hall–Kier alpha value is -2.01. The zero-order valence-electron chi connectivity index (χ0n) is 16.6. The van der Waals surface area contributed by atoms with Gasteiger partial charge in [0.15, 0.2) is 17.5 Å². The van der Waals surface area contributed by atoms with Gasteiger partial charge in [-0.1, -0.05) is 22.0 Å². The van der Waals surface area contributed by atoms with Gasteiger partial charge in [-0.25, -0.2) is 0 Å². The van der Waals surface area contributed by atoms with Gasteiger partial charge in [0.05, 0.1) is 14.2 Å². The molecule has 2 rings (SSSR count). The molecular weight excluding hydrogens is 551 g/mol. The van der Waals surface area contributed by atoms with E-state index in [-0.39, 0.29) is 29.9 Å². The van der Waals surface area contributed by atoms with Crippen molar-refractivity contribution in [1.29, 1.82) is 0 Å². The van der Waals surface area contributed by atoms with Crippen molar-refractivity contribution in [2.24, 2.45) is 4.99 Å². The normalized spacial score (nSPS) is 10.6. The maximum absolute atomic E-state index is 12.0. The molecule has 2 aromatic rings. The van der Waals surface area contributed by atoms with Gasteiger partial charge in [-0.2, -0.15) is 0 Å². The van der Waals surface area contributed by atoms with Crippen molar-refractivity contribution in [3.8, 4) is 11.5 Å².